The Bertz CT molecular complexity index is 257. The standard InChI is InChI=1S/C16H34N4/c1-3-5-6-7-11-18-16(17)19-12-8-15-9-13-20(4-2)14-10-15/h15H,3-14H2,1-2H3,(H3,17,18,19). The van der Waals surface area contributed by atoms with Crippen LogP contribution in [0, 0.1) is 5.92 Å². The van der Waals surface area contributed by atoms with Gasteiger partial charge in [-0.15, -0.1) is 0 Å². The van der Waals surface area contributed by atoms with Gasteiger partial charge in [0.05, 0.1) is 0 Å². The molecule has 0 aromatic rings. The van der Waals surface area contributed by atoms with E-state index < -0.39 is 0 Å². The first kappa shape index (κ1) is 17.3. The van der Waals surface area contributed by atoms with E-state index in [4.69, 9.17) is 5.73 Å². The third-order valence-electron chi connectivity index (χ3n) is 4.31. The van der Waals surface area contributed by atoms with Crippen molar-refractivity contribution in [1.29, 1.82) is 0 Å². The minimum atomic E-state index is 0.632. The Morgan fingerprint density at radius 1 is 1.20 bits per heavy atom. The molecule has 0 radical (unpaired) electrons. The lowest BCUT2D eigenvalue weighted by Gasteiger charge is -2.31. The van der Waals surface area contributed by atoms with E-state index in [1.165, 1.54) is 58.2 Å². The van der Waals surface area contributed by atoms with Gasteiger partial charge in [0.25, 0.3) is 0 Å². The second-order valence-electron chi connectivity index (χ2n) is 5.92. The van der Waals surface area contributed by atoms with Crippen LogP contribution in [-0.4, -0.2) is 43.6 Å². The molecule has 0 aliphatic carbocycles. The second-order valence-corrected chi connectivity index (χ2v) is 5.92. The van der Waals surface area contributed by atoms with Crippen LogP contribution in [0.4, 0.5) is 0 Å². The van der Waals surface area contributed by atoms with Gasteiger partial charge in [-0.2, -0.15) is 0 Å². The summed E-state index contributed by atoms with van der Waals surface area (Å²) in [6.45, 7) is 10.0. The van der Waals surface area contributed by atoms with Crippen LogP contribution in [0.1, 0.15) is 58.8 Å². The molecule has 1 aliphatic rings. The number of hydrogen-bond donors (Lipinski definition) is 2. The molecule has 3 N–H and O–H groups in total. The fourth-order valence-electron chi connectivity index (χ4n) is 2.79. The molecular formula is C16H34N4. The van der Waals surface area contributed by atoms with Crippen molar-refractivity contribution in [3.8, 4) is 0 Å². The monoisotopic (exact) mass is 282 g/mol. The molecule has 20 heavy (non-hydrogen) atoms. The molecule has 118 valence electrons. The molecule has 0 atom stereocenters. The Morgan fingerprint density at radius 2 is 1.95 bits per heavy atom. The minimum absolute atomic E-state index is 0.632. The zero-order valence-corrected chi connectivity index (χ0v) is 13.5. The summed E-state index contributed by atoms with van der Waals surface area (Å²) in [7, 11) is 0. The number of nitrogens with two attached hydrogens (primary N) is 1. The first-order chi connectivity index (χ1) is 9.76. The van der Waals surface area contributed by atoms with Gasteiger partial charge in [-0.05, 0) is 51.2 Å². The van der Waals surface area contributed by atoms with Gasteiger partial charge >= 0.3 is 0 Å². The van der Waals surface area contributed by atoms with Gasteiger partial charge < -0.3 is 16.0 Å². The Hall–Kier alpha value is -0.770. The van der Waals surface area contributed by atoms with Crippen molar-refractivity contribution in [2.75, 3.05) is 32.7 Å². The number of nitrogens with zero attached hydrogens (tertiary/aromatic N) is 2. The first-order valence-corrected chi connectivity index (χ1v) is 8.52. The molecule has 1 rings (SSSR count). The van der Waals surface area contributed by atoms with Crippen molar-refractivity contribution in [2.24, 2.45) is 16.6 Å². The maximum absolute atomic E-state index is 5.88. The highest BCUT2D eigenvalue weighted by atomic mass is 15.1. The Morgan fingerprint density at radius 3 is 2.60 bits per heavy atom. The van der Waals surface area contributed by atoms with E-state index in [0.29, 0.717) is 5.96 Å². The second kappa shape index (κ2) is 11.0. The van der Waals surface area contributed by atoms with E-state index in [2.05, 4.69) is 29.1 Å². The zero-order valence-electron chi connectivity index (χ0n) is 13.5. The van der Waals surface area contributed by atoms with Crippen molar-refractivity contribution < 1.29 is 0 Å². The summed E-state index contributed by atoms with van der Waals surface area (Å²) >= 11 is 0. The highest BCUT2D eigenvalue weighted by molar-refractivity contribution is 5.77. The van der Waals surface area contributed by atoms with Crippen molar-refractivity contribution in [3.05, 3.63) is 0 Å². The Labute approximate surface area is 125 Å². The summed E-state index contributed by atoms with van der Waals surface area (Å²) in [4.78, 5) is 6.92. The van der Waals surface area contributed by atoms with Crippen molar-refractivity contribution in [1.82, 2.24) is 10.2 Å². The van der Waals surface area contributed by atoms with Crippen LogP contribution >= 0.6 is 0 Å². The summed E-state index contributed by atoms with van der Waals surface area (Å²) < 4.78 is 0. The van der Waals surface area contributed by atoms with Gasteiger partial charge in [-0.3, -0.25) is 4.99 Å². The smallest absolute Gasteiger partial charge is 0.188 e. The average molecular weight is 282 g/mol. The molecule has 1 saturated heterocycles. The molecule has 0 saturated carbocycles. The summed E-state index contributed by atoms with van der Waals surface area (Å²) in [6, 6.07) is 0. The zero-order chi connectivity index (χ0) is 14.6. The van der Waals surface area contributed by atoms with Crippen molar-refractivity contribution in [2.45, 2.75) is 58.8 Å². The van der Waals surface area contributed by atoms with E-state index in [1.807, 2.05) is 0 Å². The van der Waals surface area contributed by atoms with E-state index in [1.54, 1.807) is 0 Å². The molecule has 4 nitrogen and oxygen atoms in total. The molecular weight excluding hydrogens is 248 g/mol. The van der Waals surface area contributed by atoms with Crippen LogP contribution in [-0.2, 0) is 0 Å². The van der Waals surface area contributed by atoms with Gasteiger partial charge in [-0.25, -0.2) is 0 Å². The predicted molar refractivity (Wildman–Crippen MR) is 88.1 cm³/mol. The number of hydrogen-bond acceptors (Lipinski definition) is 2. The quantitative estimate of drug-likeness (QED) is 0.388. The van der Waals surface area contributed by atoms with Crippen molar-refractivity contribution in [3.63, 3.8) is 0 Å². The predicted octanol–water partition coefficient (Wildman–Crippen LogP) is 2.59. The lowest BCUT2D eigenvalue weighted by molar-refractivity contribution is 0.187. The highest BCUT2D eigenvalue weighted by Crippen LogP contribution is 2.19. The maximum atomic E-state index is 5.88. The van der Waals surface area contributed by atoms with Crippen molar-refractivity contribution >= 4 is 5.96 Å². The van der Waals surface area contributed by atoms with Gasteiger partial charge in [0.1, 0.15) is 0 Å². The molecule has 0 bridgehead atoms. The number of guanidine groups is 1. The average Bonchev–Trinajstić information content (AvgIpc) is 2.48. The Balaban J connectivity index is 2.01. The minimum Gasteiger partial charge on any atom is -0.370 e. The Kier molecular flexibility index (Phi) is 9.46. The number of aliphatic imine (C=N–C) groups is 1. The topological polar surface area (TPSA) is 53.6 Å². The lowest BCUT2D eigenvalue weighted by Crippen LogP contribution is -2.36. The fraction of sp³-hybridized carbons (Fsp3) is 0.938. The van der Waals surface area contributed by atoms with E-state index in [9.17, 15) is 0 Å². The van der Waals surface area contributed by atoms with Gasteiger partial charge in [-0.1, -0.05) is 33.1 Å². The molecule has 1 fully saturated rings. The normalized spacial score (nSPS) is 18.4. The van der Waals surface area contributed by atoms with E-state index in [-0.39, 0.29) is 0 Å². The summed E-state index contributed by atoms with van der Waals surface area (Å²) in [6.07, 6.45) is 8.90. The molecule has 0 aromatic heterocycles. The number of likely N-dealkylation sites (tertiary alicyclic amines) is 1. The largest absolute Gasteiger partial charge is 0.370 e. The number of piperidine rings is 1. The van der Waals surface area contributed by atoms with E-state index >= 15 is 0 Å². The summed E-state index contributed by atoms with van der Waals surface area (Å²) in [5.74, 6) is 1.50. The third-order valence-corrected chi connectivity index (χ3v) is 4.31. The highest BCUT2D eigenvalue weighted by Gasteiger charge is 2.17. The summed E-state index contributed by atoms with van der Waals surface area (Å²) in [5.41, 5.74) is 5.88. The van der Waals surface area contributed by atoms with E-state index in [0.717, 1.165) is 25.4 Å². The molecule has 0 amide bonds. The molecule has 0 unspecified atom stereocenters. The van der Waals surface area contributed by atoms with Crippen LogP contribution in [0.3, 0.4) is 0 Å². The maximum Gasteiger partial charge on any atom is 0.188 e. The molecule has 0 aromatic carbocycles. The van der Waals surface area contributed by atoms with Gasteiger partial charge in [0.15, 0.2) is 5.96 Å². The van der Waals surface area contributed by atoms with Crippen LogP contribution in [0.15, 0.2) is 4.99 Å². The first-order valence-electron chi connectivity index (χ1n) is 8.52. The molecule has 1 aliphatic heterocycles. The summed E-state index contributed by atoms with van der Waals surface area (Å²) in [5, 5.41) is 3.26. The van der Waals surface area contributed by atoms with Crippen LogP contribution in [0.2, 0.25) is 0 Å². The number of rotatable bonds is 9. The molecule has 1 heterocycles. The van der Waals surface area contributed by atoms with Crippen LogP contribution in [0.5, 0.6) is 0 Å². The number of unbranched alkanes of at least 4 members (excludes halogenated alkanes) is 3. The molecule has 0 spiro atoms. The van der Waals surface area contributed by atoms with Gasteiger partial charge in [0, 0.05) is 13.1 Å². The van der Waals surface area contributed by atoms with Crippen LogP contribution in [0.25, 0.3) is 0 Å². The SMILES string of the molecule is CCCCCCN=C(N)NCCC1CCN(CC)CC1. The van der Waals surface area contributed by atoms with Crippen LogP contribution < -0.4 is 11.1 Å². The van der Waals surface area contributed by atoms with Gasteiger partial charge in [0.2, 0.25) is 0 Å². The third kappa shape index (κ3) is 7.73. The lowest BCUT2D eigenvalue weighted by atomic mass is 9.93. The fourth-order valence-corrected chi connectivity index (χ4v) is 2.79. The molecule has 4 heteroatoms. The number of nitrogens with one attached hydrogen (secondary N) is 1.